The van der Waals surface area contributed by atoms with Crippen molar-refractivity contribution in [1.29, 1.82) is 0 Å². The van der Waals surface area contributed by atoms with Crippen molar-refractivity contribution in [3.63, 3.8) is 0 Å². The number of hydrogen-bond acceptors (Lipinski definition) is 2. The Labute approximate surface area is 96.6 Å². The molecule has 0 aromatic carbocycles. The molecule has 3 heteroatoms. The standard InChI is InChI=1S/C13H19N2O/c1-9-8-15-10(2)13(9)12(16)6-5-11-4-3-7-14-11/h11,14-15H,3-7H2,1-2H3. The molecule has 0 saturated carbocycles. The van der Waals surface area contributed by atoms with Gasteiger partial charge in [-0.15, -0.1) is 0 Å². The van der Waals surface area contributed by atoms with Gasteiger partial charge in [0.15, 0.2) is 5.78 Å². The number of carbonyl (C=O) groups is 1. The van der Waals surface area contributed by atoms with Crippen LogP contribution in [0.25, 0.3) is 0 Å². The molecule has 1 radical (unpaired) electrons. The molecule has 1 aromatic rings. The first kappa shape index (κ1) is 11.4. The summed E-state index contributed by atoms with van der Waals surface area (Å²) in [6.45, 7) is 4.98. The van der Waals surface area contributed by atoms with Gasteiger partial charge < -0.3 is 10.3 Å². The van der Waals surface area contributed by atoms with Crippen LogP contribution in [0.15, 0.2) is 0 Å². The molecule has 2 N–H and O–H groups in total. The van der Waals surface area contributed by atoms with Crippen molar-refractivity contribution < 1.29 is 4.79 Å². The van der Waals surface area contributed by atoms with Gasteiger partial charge in [-0.25, -0.2) is 0 Å². The number of rotatable bonds is 4. The molecule has 1 unspecified atom stereocenters. The van der Waals surface area contributed by atoms with E-state index in [-0.39, 0.29) is 5.78 Å². The quantitative estimate of drug-likeness (QED) is 0.762. The molecule has 0 amide bonds. The summed E-state index contributed by atoms with van der Waals surface area (Å²) in [5.41, 5.74) is 2.74. The number of H-pyrrole nitrogens is 1. The van der Waals surface area contributed by atoms with E-state index >= 15 is 0 Å². The zero-order valence-corrected chi connectivity index (χ0v) is 10.0. The van der Waals surface area contributed by atoms with Crippen LogP contribution in [0, 0.1) is 20.0 Å². The second-order valence-corrected chi connectivity index (χ2v) is 4.63. The Kier molecular flexibility index (Phi) is 3.44. The topological polar surface area (TPSA) is 44.9 Å². The minimum absolute atomic E-state index is 0.251. The molecule has 1 aliphatic heterocycles. The van der Waals surface area contributed by atoms with E-state index < -0.39 is 0 Å². The second-order valence-electron chi connectivity index (χ2n) is 4.63. The Morgan fingerprint density at radius 2 is 2.31 bits per heavy atom. The highest BCUT2D eigenvalue weighted by Crippen LogP contribution is 2.17. The monoisotopic (exact) mass is 219 g/mol. The predicted octanol–water partition coefficient (Wildman–Crippen LogP) is 2.15. The number of aryl methyl sites for hydroxylation is 2. The SMILES string of the molecule is Cc1[c][nH]c(C)c1C(=O)CCC1CCCN1. The number of aromatic nitrogens is 1. The lowest BCUT2D eigenvalue weighted by Gasteiger charge is -2.09. The first-order chi connectivity index (χ1) is 7.68. The summed E-state index contributed by atoms with van der Waals surface area (Å²) in [7, 11) is 0. The predicted molar refractivity (Wildman–Crippen MR) is 63.7 cm³/mol. The van der Waals surface area contributed by atoms with Crippen molar-refractivity contribution >= 4 is 5.78 Å². The normalized spacial score (nSPS) is 20.2. The van der Waals surface area contributed by atoms with E-state index in [9.17, 15) is 4.79 Å². The highest BCUT2D eigenvalue weighted by atomic mass is 16.1. The number of aromatic amines is 1. The molecule has 16 heavy (non-hydrogen) atoms. The smallest absolute Gasteiger partial charge is 0.165 e. The zero-order valence-electron chi connectivity index (χ0n) is 10.0. The first-order valence-corrected chi connectivity index (χ1v) is 6.02. The van der Waals surface area contributed by atoms with E-state index in [1.165, 1.54) is 12.8 Å². The number of Topliss-reactive ketones (excluding diaryl/α,β-unsaturated/α-hetero) is 1. The van der Waals surface area contributed by atoms with Crippen LogP contribution in [0.4, 0.5) is 0 Å². The minimum atomic E-state index is 0.251. The van der Waals surface area contributed by atoms with Gasteiger partial charge in [-0.3, -0.25) is 4.79 Å². The van der Waals surface area contributed by atoms with Crippen LogP contribution in [-0.4, -0.2) is 23.4 Å². The molecule has 0 bridgehead atoms. The number of nitrogens with one attached hydrogen (secondary N) is 2. The van der Waals surface area contributed by atoms with Gasteiger partial charge >= 0.3 is 0 Å². The Hall–Kier alpha value is -1.09. The van der Waals surface area contributed by atoms with Crippen LogP contribution in [0.3, 0.4) is 0 Å². The molecule has 0 aliphatic carbocycles. The maximum atomic E-state index is 12.0. The molecule has 2 rings (SSSR count). The van der Waals surface area contributed by atoms with E-state index in [4.69, 9.17) is 0 Å². The Balaban J connectivity index is 1.92. The van der Waals surface area contributed by atoms with Gasteiger partial charge in [-0.2, -0.15) is 0 Å². The van der Waals surface area contributed by atoms with Crippen molar-refractivity contribution in [3.8, 4) is 0 Å². The lowest BCUT2D eigenvalue weighted by atomic mass is 10.0. The van der Waals surface area contributed by atoms with Gasteiger partial charge in [-0.05, 0) is 45.2 Å². The largest absolute Gasteiger partial charge is 0.357 e. The Bertz CT molecular complexity index is 356. The average molecular weight is 219 g/mol. The van der Waals surface area contributed by atoms with Gasteiger partial charge in [0.25, 0.3) is 0 Å². The number of carbonyl (C=O) groups excluding carboxylic acids is 1. The molecule has 3 nitrogen and oxygen atoms in total. The number of ketones is 1. The van der Waals surface area contributed by atoms with Gasteiger partial charge in [0, 0.05) is 23.7 Å². The Morgan fingerprint density at radius 1 is 1.50 bits per heavy atom. The van der Waals surface area contributed by atoms with E-state index in [0.717, 1.165) is 29.8 Å². The van der Waals surface area contributed by atoms with E-state index in [0.29, 0.717) is 12.5 Å². The molecule has 1 aliphatic rings. The summed E-state index contributed by atoms with van der Waals surface area (Å²) in [5.74, 6) is 0.251. The van der Waals surface area contributed by atoms with Gasteiger partial charge in [-0.1, -0.05) is 0 Å². The van der Waals surface area contributed by atoms with Crippen molar-refractivity contribution in [2.75, 3.05) is 6.54 Å². The molecule has 1 fully saturated rings. The van der Waals surface area contributed by atoms with Crippen LogP contribution in [0.1, 0.15) is 47.3 Å². The van der Waals surface area contributed by atoms with Gasteiger partial charge in [0.2, 0.25) is 0 Å². The van der Waals surface area contributed by atoms with Crippen molar-refractivity contribution in [2.45, 2.75) is 45.6 Å². The minimum Gasteiger partial charge on any atom is -0.357 e. The van der Waals surface area contributed by atoms with Crippen LogP contribution < -0.4 is 5.32 Å². The third-order valence-electron chi connectivity index (χ3n) is 3.35. The molecular weight excluding hydrogens is 200 g/mol. The summed E-state index contributed by atoms with van der Waals surface area (Å²) in [5, 5.41) is 3.42. The van der Waals surface area contributed by atoms with E-state index in [1.807, 2.05) is 13.8 Å². The van der Waals surface area contributed by atoms with Crippen molar-refractivity contribution in [3.05, 3.63) is 23.0 Å². The third kappa shape index (κ3) is 2.35. The fourth-order valence-corrected chi connectivity index (χ4v) is 2.45. The van der Waals surface area contributed by atoms with Gasteiger partial charge in [0.1, 0.15) is 0 Å². The summed E-state index contributed by atoms with van der Waals surface area (Å²) >= 11 is 0. The van der Waals surface area contributed by atoms with Crippen molar-refractivity contribution in [2.24, 2.45) is 0 Å². The fraction of sp³-hybridized carbons (Fsp3) is 0.615. The van der Waals surface area contributed by atoms with Crippen LogP contribution >= 0.6 is 0 Å². The number of hydrogen-bond donors (Lipinski definition) is 2. The zero-order chi connectivity index (χ0) is 11.5. The van der Waals surface area contributed by atoms with Gasteiger partial charge in [0.05, 0.1) is 6.20 Å². The summed E-state index contributed by atoms with van der Waals surface area (Å²) in [6.07, 6.45) is 7.05. The molecular formula is C13H19N2O. The van der Waals surface area contributed by atoms with E-state index in [1.54, 1.807) is 0 Å². The summed E-state index contributed by atoms with van der Waals surface area (Å²) in [6, 6.07) is 0.549. The average Bonchev–Trinajstić information content (AvgIpc) is 2.86. The maximum Gasteiger partial charge on any atom is 0.165 e. The molecule has 0 spiro atoms. The van der Waals surface area contributed by atoms with Crippen LogP contribution in [0.2, 0.25) is 0 Å². The highest BCUT2D eigenvalue weighted by molar-refractivity contribution is 5.98. The lowest BCUT2D eigenvalue weighted by molar-refractivity contribution is 0.0975. The van der Waals surface area contributed by atoms with E-state index in [2.05, 4.69) is 16.5 Å². The molecule has 87 valence electrons. The maximum absolute atomic E-state index is 12.0. The molecule has 2 heterocycles. The third-order valence-corrected chi connectivity index (χ3v) is 3.35. The van der Waals surface area contributed by atoms with Crippen molar-refractivity contribution in [1.82, 2.24) is 10.3 Å². The summed E-state index contributed by atoms with van der Waals surface area (Å²) < 4.78 is 0. The fourth-order valence-electron chi connectivity index (χ4n) is 2.45. The summed E-state index contributed by atoms with van der Waals surface area (Å²) in [4.78, 5) is 15.0. The van der Waals surface area contributed by atoms with Crippen LogP contribution in [0.5, 0.6) is 0 Å². The van der Waals surface area contributed by atoms with Crippen LogP contribution in [-0.2, 0) is 0 Å². The first-order valence-electron chi connectivity index (χ1n) is 6.02. The second kappa shape index (κ2) is 4.83. The molecule has 1 saturated heterocycles. The molecule has 1 aromatic heterocycles. The Morgan fingerprint density at radius 3 is 2.88 bits per heavy atom. The lowest BCUT2D eigenvalue weighted by Crippen LogP contribution is -2.22. The highest BCUT2D eigenvalue weighted by Gasteiger charge is 2.18. The molecule has 1 atom stereocenters.